The van der Waals surface area contributed by atoms with Crippen molar-refractivity contribution >= 4 is 5.82 Å². The van der Waals surface area contributed by atoms with Crippen molar-refractivity contribution in [1.29, 1.82) is 5.26 Å². The molecule has 0 radical (unpaired) electrons. The van der Waals surface area contributed by atoms with Crippen LogP contribution in [-0.2, 0) is 10.9 Å². The van der Waals surface area contributed by atoms with Crippen LogP contribution in [0.15, 0.2) is 12.1 Å². The van der Waals surface area contributed by atoms with E-state index in [0.29, 0.717) is 19.7 Å². The molecule has 0 bridgehead atoms. The Bertz CT molecular complexity index is 533. The molecule has 1 aromatic rings. The number of nitrogens with zero attached hydrogens (tertiary/aromatic N) is 3. The Morgan fingerprint density at radius 3 is 2.76 bits per heavy atom. The summed E-state index contributed by atoms with van der Waals surface area (Å²) in [7, 11) is 0. The standard InChI is InChI=1S/C14H16F3N3O/c1-2-20(9-11-4-3-7-21-11)13-10(8-18)5-6-12(19-13)14(15,16)17/h5-6,11H,2-4,7,9H2,1H3. The van der Waals surface area contributed by atoms with E-state index in [1.54, 1.807) is 4.90 Å². The minimum atomic E-state index is -4.52. The van der Waals surface area contributed by atoms with Gasteiger partial charge in [0.05, 0.1) is 11.7 Å². The summed E-state index contributed by atoms with van der Waals surface area (Å²) in [5.41, 5.74) is -0.842. The topological polar surface area (TPSA) is 49.1 Å². The summed E-state index contributed by atoms with van der Waals surface area (Å²) in [5, 5.41) is 9.09. The van der Waals surface area contributed by atoms with Gasteiger partial charge in [0.15, 0.2) is 0 Å². The fourth-order valence-electron chi connectivity index (χ4n) is 2.33. The van der Waals surface area contributed by atoms with Gasteiger partial charge in [0.2, 0.25) is 0 Å². The van der Waals surface area contributed by atoms with Gasteiger partial charge in [-0.25, -0.2) is 4.98 Å². The van der Waals surface area contributed by atoms with Crippen LogP contribution in [-0.4, -0.2) is 30.8 Å². The Morgan fingerprint density at radius 1 is 1.48 bits per heavy atom. The Labute approximate surface area is 121 Å². The molecule has 0 aliphatic carbocycles. The fourth-order valence-corrected chi connectivity index (χ4v) is 2.33. The maximum Gasteiger partial charge on any atom is 0.433 e. The summed E-state index contributed by atoms with van der Waals surface area (Å²) in [6.07, 6.45) is -2.72. The van der Waals surface area contributed by atoms with E-state index in [4.69, 9.17) is 10.00 Å². The largest absolute Gasteiger partial charge is 0.433 e. The first-order valence-corrected chi connectivity index (χ1v) is 6.80. The molecule has 114 valence electrons. The summed E-state index contributed by atoms with van der Waals surface area (Å²) < 4.78 is 43.9. The molecule has 1 saturated heterocycles. The van der Waals surface area contributed by atoms with Gasteiger partial charge in [-0.1, -0.05) is 0 Å². The Balaban J connectivity index is 2.31. The van der Waals surface area contributed by atoms with E-state index >= 15 is 0 Å². The molecule has 0 spiro atoms. The number of likely N-dealkylation sites (N-methyl/N-ethyl adjacent to an activating group) is 1. The Kier molecular flexibility index (Phi) is 4.68. The van der Waals surface area contributed by atoms with Gasteiger partial charge in [0.1, 0.15) is 17.6 Å². The number of rotatable bonds is 4. The lowest BCUT2D eigenvalue weighted by atomic mass is 10.2. The van der Waals surface area contributed by atoms with Crippen molar-refractivity contribution < 1.29 is 17.9 Å². The van der Waals surface area contributed by atoms with Crippen LogP contribution in [0.5, 0.6) is 0 Å². The molecule has 1 unspecified atom stereocenters. The zero-order valence-corrected chi connectivity index (χ0v) is 11.7. The van der Waals surface area contributed by atoms with Gasteiger partial charge in [-0.05, 0) is 31.9 Å². The van der Waals surface area contributed by atoms with Crippen LogP contribution in [0.3, 0.4) is 0 Å². The van der Waals surface area contributed by atoms with E-state index in [9.17, 15) is 13.2 Å². The number of halogens is 3. The zero-order valence-electron chi connectivity index (χ0n) is 11.7. The van der Waals surface area contributed by atoms with Gasteiger partial charge in [-0.3, -0.25) is 0 Å². The first kappa shape index (κ1) is 15.6. The van der Waals surface area contributed by atoms with Crippen LogP contribution in [0.25, 0.3) is 0 Å². The Hall–Kier alpha value is -1.81. The lowest BCUT2D eigenvalue weighted by molar-refractivity contribution is -0.141. The van der Waals surface area contributed by atoms with Crippen molar-refractivity contribution in [2.45, 2.75) is 32.0 Å². The molecule has 2 rings (SSSR count). The minimum absolute atomic E-state index is 0.0205. The van der Waals surface area contributed by atoms with Crippen molar-refractivity contribution in [3.8, 4) is 6.07 Å². The molecular weight excluding hydrogens is 283 g/mol. The molecule has 0 saturated carbocycles. The third-order valence-corrected chi connectivity index (χ3v) is 3.42. The molecule has 1 aliphatic rings. The van der Waals surface area contributed by atoms with E-state index in [2.05, 4.69) is 4.98 Å². The van der Waals surface area contributed by atoms with Crippen molar-refractivity contribution in [1.82, 2.24) is 4.98 Å². The Morgan fingerprint density at radius 2 is 2.24 bits per heavy atom. The zero-order chi connectivity index (χ0) is 15.5. The second kappa shape index (κ2) is 6.31. The number of anilines is 1. The monoisotopic (exact) mass is 299 g/mol. The number of hydrogen-bond acceptors (Lipinski definition) is 4. The summed E-state index contributed by atoms with van der Waals surface area (Å²) in [4.78, 5) is 5.32. The fraction of sp³-hybridized carbons (Fsp3) is 0.571. The van der Waals surface area contributed by atoms with Crippen molar-refractivity contribution in [2.75, 3.05) is 24.6 Å². The third kappa shape index (κ3) is 3.64. The summed E-state index contributed by atoms with van der Waals surface area (Å²) in [5.74, 6) is 0.0744. The highest BCUT2D eigenvalue weighted by atomic mass is 19.4. The number of hydrogen-bond donors (Lipinski definition) is 0. The normalized spacial score (nSPS) is 18.5. The van der Waals surface area contributed by atoms with Crippen LogP contribution < -0.4 is 4.90 Å². The average Bonchev–Trinajstić information content (AvgIpc) is 2.96. The van der Waals surface area contributed by atoms with Crippen molar-refractivity contribution in [2.24, 2.45) is 0 Å². The van der Waals surface area contributed by atoms with Crippen LogP contribution in [0.2, 0.25) is 0 Å². The molecule has 1 aliphatic heterocycles. The van der Waals surface area contributed by atoms with Crippen LogP contribution >= 0.6 is 0 Å². The smallest absolute Gasteiger partial charge is 0.376 e. The quantitative estimate of drug-likeness (QED) is 0.857. The summed E-state index contributed by atoms with van der Waals surface area (Å²) in [6, 6.07) is 3.91. The maximum atomic E-state index is 12.8. The van der Waals surface area contributed by atoms with Crippen LogP contribution in [0.1, 0.15) is 31.0 Å². The highest BCUT2D eigenvalue weighted by Gasteiger charge is 2.34. The van der Waals surface area contributed by atoms with Crippen molar-refractivity contribution in [3.63, 3.8) is 0 Å². The molecule has 0 N–H and O–H groups in total. The molecule has 1 atom stereocenters. The summed E-state index contributed by atoms with van der Waals surface area (Å²) in [6.45, 7) is 3.39. The molecule has 7 heteroatoms. The predicted octanol–water partition coefficient (Wildman–Crippen LogP) is 2.98. The van der Waals surface area contributed by atoms with Crippen LogP contribution in [0, 0.1) is 11.3 Å². The molecule has 2 heterocycles. The number of pyridine rings is 1. The number of nitriles is 1. The second-order valence-corrected chi connectivity index (χ2v) is 4.85. The van der Waals surface area contributed by atoms with Gasteiger partial charge < -0.3 is 9.64 Å². The van der Waals surface area contributed by atoms with Gasteiger partial charge in [0, 0.05) is 19.7 Å². The SMILES string of the molecule is CCN(CC1CCCO1)c1nc(C(F)(F)F)ccc1C#N. The molecule has 21 heavy (non-hydrogen) atoms. The van der Waals surface area contributed by atoms with Gasteiger partial charge in [-0.15, -0.1) is 0 Å². The van der Waals surface area contributed by atoms with E-state index in [0.717, 1.165) is 18.9 Å². The molecule has 1 aromatic heterocycles. The van der Waals surface area contributed by atoms with E-state index in [-0.39, 0.29) is 17.5 Å². The third-order valence-electron chi connectivity index (χ3n) is 3.42. The van der Waals surface area contributed by atoms with Gasteiger partial charge >= 0.3 is 6.18 Å². The second-order valence-electron chi connectivity index (χ2n) is 4.85. The van der Waals surface area contributed by atoms with E-state index < -0.39 is 11.9 Å². The lowest BCUT2D eigenvalue weighted by Crippen LogP contribution is -2.33. The molecule has 4 nitrogen and oxygen atoms in total. The van der Waals surface area contributed by atoms with E-state index in [1.165, 1.54) is 6.07 Å². The number of ether oxygens (including phenoxy) is 1. The van der Waals surface area contributed by atoms with Gasteiger partial charge in [0.25, 0.3) is 0 Å². The number of alkyl halides is 3. The minimum Gasteiger partial charge on any atom is -0.376 e. The maximum absolute atomic E-state index is 12.8. The molecule has 1 fully saturated rings. The first-order valence-electron chi connectivity index (χ1n) is 6.80. The van der Waals surface area contributed by atoms with Crippen molar-refractivity contribution in [3.05, 3.63) is 23.4 Å². The number of aromatic nitrogens is 1. The summed E-state index contributed by atoms with van der Waals surface area (Å²) >= 11 is 0. The molecule has 0 aromatic carbocycles. The highest BCUT2D eigenvalue weighted by Crippen LogP contribution is 2.30. The molecule has 0 amide bonds. The first-order chi connectivity index (χ1) is 9.95. The average molecular weight is 299 g/mol. The molecular formula is C14H16F3N3O. The van der Waals surface area contributed by atoms with Crippen LogP contribution in [0.4, 0.5) is 19.0 Å². The van der Waals surface area contributed by atoms with E-state index in [1.807, 2.05) is 13.0 Å². The van der Waals surface area contributed by atoms with Gasteiger partial charge in [-0.2, -0.15) is 18.4 Å². The highest BCUT2D eigenvalue weighted by molar-refractivity contribution is 5.54. The predicted molar refractivity (Wildman–Crippen MR) is 70.8 cm³/mol. The lowest BCUT2D eigenvalue weighted by Gasteiger charge is -2.26.